The lowest BCUT2D eigenvalue weighted by Gasteiger charge is -2.22. The second-order valence-corrected chi connectivity index (χ2v) is 4.69. The maximum absolute atomic E-state index is 13.8. The zero-order valence-corrected chi connectivity index (χ0v) is 11.0. The molecule has 0 bridgehead atoms. The van der Waals surface area contributed by atoms with Gasteiger partial charge in [0.25, 0.3) is 5.91 Å². The molecule has 0 aliphatic rings. The van der Waals surface area contributed by atoms with Gasteiger partial charge in [0, 0.05) is 11.7 Å². The molecule has 1 aromatic rings. The summed E-state index contributed by atoms with van der Waals surface area (Å²) in [5.74, 6) is -0.784. The van der Waals surface area contributed by atoms with Crippen LogP contribution in [0.1, 0.15) is 37.6 Å². The van der Waals surface area contributed by atoms with E-state index in [0.29, 0.717) is 5.92 Å². The minimum atomic E-state index is -0.659. The molecule has 1 aromatic carbocycles. The Bertz CT molecular complexity index is 446. The Morgan fingerprint density at radius 2 is 2.06 bits per heavy atom. The molecule has 1 atom stereocenters. The maximum Gasteiger partial charge on any atom is 0.250 e. The average molecular weight is 253 g/mol. The van der Waals surface area contributed by atoms with Gasteiger partial charge in [0.15, 0.2) is 0 Å². The number of nitrogens with one attached hydrogen (secondary N) is 1. The van der Waals surface area contributed by atoms with E-state index in [1.165, 1.54) is 6.07 Å². The number of primary amides is 1. The molecule has 0 heterocycles. The highest BCUT2D eigenvalue weighted by molar-refractivity contribution is 5.99. The van der Waals surface area contributed by atoms with E-state index in [2.05, 4.69) is 5.32 Å². The fourth-order valence-corrected chi connectivity index (χ4v) is 1.85. The molecule has 1 rings (SSSR count). The number of anilines is 2. The van der Waals surface area contributed by atoms with Crippen LogP contribution in [0.25, 0.3) is 0 Å². The maximum atomic E-state index is 13.8. The van der Waals surface area contributed by atoms with E-state index < -0.39 is 11.7 Å². The molecular weight excluding hydrogens is 233 g/mol. The van der Waals surface area contributed by atoms with Crippen LogP contribution in [0.5, 0.6) is 0 Å². The normalized spacial score (nSPS) is 12.5. The number of hydrogen-bond donors (Lipinski definition) is 3. The van der Waals surface area contributed by atoms with Crippen molar-refractivity contribution >= 4 is 17.3 Å². The van der Waals surface area contributed by atoms with Gasteiger partial charge < -0.3 is 16.8 Å². The van der Waals surface area contributed by atoms with Crippen molar-refractivity contribution in [2.24, 2.45) is 11.7 Å². The molecule has 1 unspecified atom stereocenters. The molecule has 0 saturated heterocycles. The van der Waals surface area contributed by atoms with Crippen molar-refractivity contribution in [2.75, 3.05) is 11.1 Å². The highest BCUT2D eigenvalue weighted by Crippen LogP contribution is 2.24. The number of halogens is 1. The molecule has 0 saturated carbocycles. The van der Waals surface area contributed by atoms with Crippen LogP contribution >= 0.6 is 0 Å². The molecule has 0 radical (unpaired) electrons. The quantitative estimate of drug-likeness (QED) is 0.704. The van der Waals surface area contributed by atoms with Crippen LogP contribution in [-0.2, 0) is 0 Å². The van der Waals surface area contributed by atoms with Crippen LogP contribution in [0.4, 0.5) is 15.8 Å². The van der Waals surface area contributed by atoms with Crippen LogP contribution < -0.4 is 16.8 Å². The summed E-state index contributed by atoms with van der Waals surface area (Å²) in [6.45, 7) is 6.11. The number of carbonyl (C=O) groups is 1. The lowest BCUT2D eigenvalue weighted by molar-refractivity contribution is 0.100. The van der Waals surface area contributed by atoms with E-state index in [4.69, 9.17) is 11.5 Å². The minimum Gasteiger partial charge on any atom is -0.398 e. The molecule has 5 N–H and O–H groups in total. The second kappa shape index (κ2) is 5.71. The van der Waals surface area contributed by atoms with Gasteiger partial charge in [0.1, 0.15) is 5.82 Å². The molecule has 0 aliphatic heterocycles. The first-order valence-electron chi connectivity index (χ1n) is 6.02. The summed E-state index contributed by atoms with van der Waals surface area (Å²) in [6.07, 6.45) is 0.855. The van der Waals surface area contributed by atoms with Gasteiger partial charge in [-0.1, -0.05) is 20.8 Å². The third-order valence-electron chi connectivity index (χ3n) is 2.99. The van der Waals surface area contributed by atoms with Crippen LogP contribution in [-0.4, -0.2) is 11.9 Å². The summed E-state index contributed by atoms with van der Waals surface area (Å²) in [4.78, 5) is 11.2. The van der Waals surface area contributed by atoms with Crippen LogP contribution in [0.3, 0.4) is 0 Å². The Morgan fingerprint density at radius 3 is 2.50 bits per heavy atom. The number of hydrogen-bond acceptors (Lipinski definition) is 3. The Hall–Kier alpha value is -1.78. The lowest BCUT2D eigenvalue weighted by Crippen LogP contribution is -2.25. The van der Waals surface area contributed by atoms with Gasteiger partial charge in [0.2, 0.25) is 0 Å². The standard InChI is InChI=1S/C13H20FN3O/c1-4-11(7(2)3)17-12-5-8(13(16)18)10(15)6-9(12)14/h5-7,11,17H,4,15H2,1-3H3,(H2,16,18). The molecule has 0 fully saturated rings. The van der Waals surface area contributed by atoms with Crippen LogP contribution in [0, 0.1) is 11.7 Å². The Kier molecular flexibility index (Phi) is 4.53. The molecule has 0 spiro atoms. The summed E-state index contributed by atoms with van der Waals surface area (Å²) in [5.41, 5.74) is 11.2. The monoisotopic (exact) mass is 253 g/mol. The number of benzene rings is 1. The number of amides is 1. The second-order valence-electron chi connectivity index (χ2n) is 4.69. The molecule has 0 aliphatic carbocycles. The zero-order valence-electron chi connectivity index (χ0n) is 11.0. The summed E-state index contributed by atoms with van der Waals surface area (Å²) < 4.78 is 13.8. The molecule has 100 valence electrons. The molecule has 1 amide bonds. The van der Waals surface area contributed by atoms with Gasteiger partial charge in [-0.3, -0.25) is 4.79 Å². The highest BCUT2D eigenvalue weighted by atomic mass is 19.1. The van der Waals surface area contributed by atoms with Gasteiger partial charge in [0.05, 0.1) is 11.3 Å². The summed E-state index contributed by atoms with van der Waals surface area (Å²) in [5, 5.41) is 3.08. The smallest absolute Gasteiger partial charge is 0.250 e. The van der Waals surface area contributed by atoms with Gasteiger partial charge in [-0.25, -0.2) is 4.39 Å². The van der Waals surface area contributed by atoms with E-state index in [9.17, 15) is 9.18 Å². The Labute approximate surface area is 107 Å². The van der Waals surface area contributed by atoms with E-state index in [-0.39, 0.29) is 23.0 Å². The molecule has 0 aromatic heterocycles. The summed E-state index contributed by atoms with van der Waals surface area (Å²) >= 11 is 0. The third-order valence-corrected chi connectivity index (χ3v) is 2.99. The average Bonchev–Trinajstić information content (AvgIpc) is 2.26. The molecule has 5 heteroatoms. The predicted molar refractivity (Wildman–Crippen MR) is 71.9 cm³/mol. The molecular formula is C13H20FN3O. The van der Waals surface area contributed by atoms with Crippen molar-refractivity contribution in [1.82, 2.24) is 0 Å². The Morgan fingerprint density at radius 1 is 1.44 bits per heavy atom. The topological polar surface area (TPSA) is 81.1 Å². The number of nitrogen functional groups attached to an aromatic ring is 1. The first-order valence-corrected chi connectivity index (χ1v) is 6.02. The van der Waals surface area contributed by atoms with E-state index in [0.717, 1.165) is 12.5 Å². The number of nitrogens with two attached hydrogens (primary N) is 2. The highest BCUT2D eigenvalue weighted by Gasteiger charge is 2.16. The number of rotatable bonds is 5. The largest absolute Gasteiger partial charge is 0.398 e. The fraction of sp³-hybridized carbons (Fsp3) is 0.462. The third kappa shape index (κ3) is 3.12. The van der Waals surface area contributed by atoms with Gasteiger partial charge >= 0.3 is 0 Å². The first-order chi connectivity index (χ1) is 8.36. The van der Waals surface area contributed by atoms with Crippen molar-refractivity contribution in [3.05, 3.63) is 23.5 Å². The Balaban J connectivity index is 3.09. The fourth-order valence-electron chi connectivity index (χ4n) is 1.85. The van der Waals surface area contributed by atoms with Crippen molar-refractivity contribution in [1.29, 1.82) is 0 Å². The first kappa shape index (κ1) is 14.3. The van der Waals surface area contributed by atoms with E-state index in [1.807, 2.05) is 20.8 Å². The van der Waals surface area contributed by atoms with Crippen LogP contribution in [0.15, 0.2) is 12.1 Å². The van der Waals surface area contributed by atoms with Crippen LogP contribution in [0.2, 0.25) is 0 Å². The summed E-state index contributed by atoms with van der Waals surface area (Å²) in [6, 6.07) is 2.62. The van der Waals surface area contributed by atoms with Crippen molar-refractivity contribution < 1.29 is 9.18 Å². The molecule has 4 nitrogen and oxygen atoms in total. The predicted octanol–water partition coefficient (Wildman–Crippen LogP) is 2.35. The van der Waals surface area contributed by atoms with Gasteiger partial charge in [-0.05, 0) is 24.5 Å². The number of carbonyl (C=O) groups excluding carboxylic acids is 1. The minimum absolute atomic E-state index is 0.0585. The lowest BCUT2D eigenvalue weighted by atomic mass is 10.0. The van der Waals surface area contributed by atoms with Gasteiger partial charge in [-0.15, -0.1) is 0 Å². The van der Waals surface area contributed by atoms with Crippen molar-refractivity contribution in [3.63, 3.8) is 0 Å². The summed E-state index contributed by atoms with van der Waals surface area (Å²) in [7, 11) is 0. The van der Waals surface area contributed by atoms with Crippen molar-refractivity contribution in [2.45, 2.75) is 33.2 Å². The van der Waals surface area contributed by atoms with Gasteiger partial charge in [-0.2, -0.15) is 0 Å². The zero-order chi connectivity index (χ0) is 13.9. The van der Waals surface area contributed by atoms with Crippen molar-refractivity contribution in [3.8, 4) is 0 Å². The molecule has 18 heavy (non-hydrogen) atoms. The van der Waals surface area contributed by atoms with E-state index in [1.54, 1.807) is 0 Å². The van der Waals surface area contributed by atoms with E-state index >= 15 is 0 Å². The SMILES string of the molecule is CCC(Nc1cc(C(N)=O)c(N)cc1F)C(C)C.